The van der Waals surface area contributed by atoms with Gasteiger partial charge in [0.1, 0.15) is 11.6 Å². The van der Waals surface area contributed by atoms with E-state index in [-0.39, 0.29) is 5.91 Å². The number of carbonyl (C=O) groups excluding carboxylic acids is 1. The van der Waals surface area contributed by atoms with E-state index >= 15 is 0 Å². The summed E-state index contributed by atoms with van der Waals surface area (Å²) in [5.41, 5.74) is 3.43. The van der Waals surface area contributed by atoms with Crippen molar-refractivity contribution in [1.29, 1.82) is 0 Å². The van der Waals surface area contributed by atoms with E-state index in [1.54, 1.807) is 6.92 Å². The Balaban J connectivity index is 1.50. The molecule has 1 aromatic heterocycles. The zero-order chi connectivity index (χ0) is 20.8. The molecule has 1 fully saturated rings. The fraction of sp³-hybridized carbons (Fsp3) is 0.478. The van der Waals surface area contributed by atoms with Gasteiger partial charge in [-0.1, -0.05) is 26.0 Å². The van der Waals surface area contributed by atoms with Crippen LogP contribution in [0, 0.1) is 6.92 Å². The molecule has 0 aliphatic carbocycles. The Morgan fingerprint density at radius 2 is 1.97 bits per heavy atom. The van der Waals surface area contributed by atoms with Crippen molar-refractivity contribution in [2.45, 2.75) is 46.3 Å². The Labute approximate surface area is 173 Å². The van der Waals surface area contributed by atoms with Gasteiger partial charge in [0, 0.05) is 25.8 Å². The van der Waals surface area contributed by atoms with Crippen LogP contribution in [0.5, 0.6) is 5.75 Å². The van der Waals surface area contributed by atoms with Crippen molar-refractivity contribution in [2.75, 3.05) is 31.2 Å². The van der Waals surface area contributed by atoms with Gasteiger partial charge in [-0.3, -0.25) is 4.79 Å². The number of aromatic nitrogens is 1. The number of pyridine rings is 1. The Bertz CT molecular complexity index is 815. The third-order valence-corrected chi connectivity index (χ3v) is 5.16. The number of anilines is 1. The molecule has 1 amide bonds. The van der Waals surface area contributed by atoms with Gasteiger partial charge in [0.25, 0.3) is 5.91 Å². The zero-order valence-electron chi connectivity index (χ0n) is 17.8. The predicted molar refractivity (Wildman–Crippen MR) is 114 cm³/mol. The highest BCUT2D eigenvalue weighted by molar-refractivity contribution is 5.80. The number of rotatable bonds is 7. The summed E-state index contributed by atoms with van der Waals surface area (Å²) in [5, 5.41) is 2.92. The predicted octanol–water partition coefficient (Wildman–Crippen LogP) is 3.43. The third-order valence-electron chi connectivity index (χ3n) is 5.16. The maximum absolute atomic E-state index is 12.4. The monoisotopic (exact) mass is 397 g/mol. The molecule has 0 radical (unpaired) electrons. The molecule has 3 rings (SSSR count). The summed E-state index contributed by atoms with van der Waals surface area (Å²) in [4.78, 5) is 19.1. The van der Waals surface area contributed by atoms with E-state index in [1.807, 2.05) is 30.5 Å². The molecule has 2 heterocycles. The number of nitrogens with zero attached hydrogens (tertiary/aromatic N) is 2. The molecule has 0 unspecified atom stereocenters. The Morgan fingerprint density at radius 3 is 2.59 bits per heavy atom. The van der Waals surface area contributed by atoms with Gasteiger partial charge in [0.15, 0.2) is 6.10 Å². The van der Waals surface area contributed by atoms with Crippen molar-refractivity contribution in [3.8, 4) is 5.75 Å². The highest BCUT2D eigenvalue weighted by Crippen LogP contribution is 2.24. The van der Waals surface area contributed by atoms with Crippen LogP contribution in [0.2, 0.25) is 0 Å². The van der Waals surface area contributed by atoms with Gasteiger partial charge in [0.2, 0.25) is 0 Å². The summed E-state index contributed by atoms with van der Waals surface area (Å²) in [6, 6.07) is 9.98. The fourth-order valence-electron chi connectivity index (χ4n) is 3.46. The van der Waals surface area contributed by atoms with Gasteiger partial charge in [-0.2, -0.15) is 0 Å². The van der Waals surface area contributed by atoms with Crippen LogP contribution in [0.25, 0.3) is 0 Å². The minimum absolute atomic E-state index is 0.146. The van der Waals surface area contributed by atoms with Gasteiger partial charge >= 0.3 is 0 Å². The van der Waals surface area contributed by atoms with Crippen molar-refractivity contribution < 1.29 is 14.3 Å². The SMILES string of the molecule is Cc1cc(O[C@H](C)C(=O)NCc2ccc(N3CCOCC3)nc2)ccc1C(C)C. The molecule has 1 aromatic carbocycles. The molecular formula is C23H31N3O3. The molecule has 2 aromatic rings. The maximum atomic E-state index is 12.4. The van der Waals surface area contributed by atoms with Crippen molar-refractivity contribution in [1.82, 2.24) is 10.3 Å². The molecule has 1 atom stereocenters. The normalized spacial score (nSPS) is 15.3. The molecule has 1 aliphatic rings. The topological polar surface area (TPSA) is 63.7 Å². The van der Waals surface area contributed by atoms with Gasteiger partial charge in [0.05, 0.1) is 13.2 Å². The summed E-state index contributed by atoms with van der Waals surface area (Å²) >= 11 is 0. The second-order valence-electron chi connectivity index (χ2n) is 7.78. The van der Waals surface area contributed by atoms with Crippen LogP contribution in [0.3, 0.4) is 0 Å². The molecule has 0 spiro atoms. The summed E-state index contributed by atoms with van der Waals surface area (Å²) in [7, 11) is 0. The number of nitrogens with one attached hydrogen (secondary N) is 1. The van der Waals surface area contributed by atoms with E-state index in [0.29, 0.717) is 18.2 Å². The van der Waals surface area contributed by atoms with Crippen LogP contribution >= 0.6 is 0 Å². The zero-order valence-corrected chi connectivity index (χ0v) is 17.8. The second kappa shape index (κ2) is 9.74. The smallest absolute Gasteiger partial charge is 0.261 e. The number of hydrogen-bond acceptors (Lipinski definition) is 5. The third kappa shape index (κ3) is 5.70. The second-order valence-corrected chi connectivity index (χ2v) is 7.78. The number of carbonyl (C=O) groups is 1. The Kier molecular flexibility index (Phi) is 7.09. The number of benzene rings is 1. The molecule has 6 heteroatoms. The van der Waals surface area contributed by atoms with Gasteiger partial charge < -0.3 is 19.7 Å². The highest BCUT2D eigenvalue weighted by Gasteiger charge is 2.16. The van der Waals surface area contributed by atoms with E-state index in [0.717, 1.165) is 37.7 Å². The molecule has 0 bridgehead atoms. The number of hydrogen-bond donors (Lipinski definition) is 1. The minimum Gasteiger partial charge on any atom is -0.481 e. The first-order valence-corrected chi connectivity index (χ1v) is 10.3. The summed E-state index contributed by atoms with van der Waals surface area (Å²) < 4.78 is 11.2. The molecule has 0 saturated carbocycles. The summed E-state index contributed by atoms with van der Waals surface area (Å²) in [5.74, 6) is 1.98. The van der Waals surface area contributed by atoms with Crippen LogP contribution in [0.1, 0.15) is 43.4 Å². The van der Waals surface area contributed by atoms with E-state index in [2.05, 4.69) is 42.0 Å². The van der Waals surface area contributed by atoms with Crippen LogP contribution in [0.4, 0.5) is 5.82 Å². The molecule has 1 saturated heterocycles. The molecule has 6 nitrogen and oxygen atoms in total. The first-order chi connectivity index (χ1) is 13.9. The quantitative estimate of drug-likeness (QED) is 0.775. The molecular weight excluding hydrogens is 366 g/mol. The Hall–Kier alpha value is -2.60. The Morgan fingerprint density at radius 1 is 1.21 bits per heavy atom. The summed E-state index contributed by atoms with van der Waals surface area (Å²) in [6.45, 7) is 11.8. The number of amides is 1. The van der Waals surface area contributed by atoms with Gasteiger partial charge in [-0.25, -0.2) is 4.98 Å². The van der Waals surface area contributed by atoms with Crippen LogP contribution in [0.15, 0.2) is 36.5 Å². The average molecular weight is 398 g/mol. The number of ether oxygens (including phenoxy) is 2. The largest absolute Gasteiger partial charge is 0.481 e. The maximum Gasteiger partial charge on any atom is 0.261 e. The molecule has 1 N–H and O–H groups in total. The van der Waals surface area contributed by atoms with Crippen molar-refractivity contribution in [2.24, 2.45) is 0 Å². The minimum atomic E-state index is -0.570. The summed E-state index contributed by atoms with van der Waals surface area (Å²) in [6.07, 6.45) is 1.24. The molecule has 1 aliphatic heterocycles. The lowest BCUT2D eigenvalue weighted by molar-refractivity contribution is -0.127. The van der Waals surface area contributed by atoms with E-state index < -0.39 is 6.10 Å². The first kappa shape index (κ1) is 21.1. The van der Waals surface area contributed by atoms with E-state index in [4.69, 9.17) is 9.47 Å². The van der Waals surface area contributed by atoms with Crippen LogP contribution < -0.4 is 15.0 Å². The standard InChI is InChI=1S/C23H31N3O3/c1-16(2)21-7-6-20(13-17(21)3)29-18(4)23(27)25-15-19-5-8-22(24-14-19)26-9-11-28-12-10-26/h5-8,13-14,16,18H,9-12,15H2,1-4H3,(H,25,27)/t18-/m1/s1. The lowest BCUT2D eigenvalue weighted by atomic mass is 9.98. The number of morpholine rings is 1. The van der Waals surface area contributed by atoms with E-state index in [1.165, 1.54) is 11.1 Å². The van der Waals surface area contributed by atoms with Crippen molar-refractivity contribution in [3.63, 3.8) is 0 Å². The van der Waals surface area contributed by atoms with Gasteiger partial charge in [-0.05, 0) is 54.7 Å². The fourth-order valence-corrected chi connectivity index (χ4v) is 3.46. The number of aryl methyl sites for hydroxylation is 1. The van der Waals surface area contributed by atoms with Crippen LogP contribution in [-0.4, -0.2) is 43.3 Å². The molecule has 156 valence electrons. The van der Waals surface area contributed by atoms with Gasteiger partial charge in [-0.15, -0.1) is 0 Å². The lowest BCUT2D eigenvalue weighted by Crippen LogP contribution is -2.37. The lowest BCUT2D eigenvalue weighted by Gasteiger charge is -2.27. The van der Waals surface area contributed by atoms with Crippen molar-refractivity contribution >= 4 is 11.7 Å². The first-order valence-electron chi connectivity index (χ1n) is 10.3. The van der Waals surface area contributed by atoms with Crippen LogP contribution in [-0.2, 0) is 16.1 Å². The highest BCUT2D eigenvalue weighted by atomic mass is 16.5. The molecule has 29 heavy (non-hydrogen) atoms. The van der Waals surface area contributed by atoms with E-state index in [9.17, 15) is 4.79 Å². The average Bonchev–Trinajstić information content (AvgIpc) is 2.72. The van der Waals surface area contributed by atoms with Crippen molar-refractivity contribution in [3.05, 3.63) is 53.2 Å².